The standard InChI is InChI=1S/C11H21NO4/c1-5-15-10(14)8(12)6-7-9(13)16-11(2,3)4/h8H,5-7,12H2,1-4H3. The molecule has 5 nitrogen and oxygen atoms in total. The maximum Gasteiger partial charge on any atom is 0.322 e. The summed E-state index contributed by atoms with van der Waals surface area (Å²) in [6.07, 6.45) is 0.366. The molecule has 2 N–H and O–H groups in total. The highest BCUT2D eigenvalue weighted by atomic mass is 16.6. The summed E-state index contributed by atoms with van der Waals surface area (Å²) >= 11 is 0. The van der Waals surface area contributed by atoms with Gasteiger partial charge in [0.05, 0.1) is 6.61 Å². The van der Waals surface area contributed by atoms with Crippen molar-refractivity contribution >= 4 is 11.9 Å². The second kappa shape index (κ2) is 6.48. The number of hydrogen-bond acceptors (Lipinski definition) is 5. The van der Waals surface area contributed by atoms with Gasteiger partial charge in [-0.15, -0.1) is 0 Å². The van der Waals surface area contributed by atoms with Gasteiger partial charge in [0.1, 0.15) is 11.6 Å². The Balaban J connectivity index is 3.88. The van der Waals surface area contributed by atoms with Crippen LogP contribution in [-0.2, 0) is 19.1 Å². The average Bonchev–Trinajstić information content (AvgIpc) is 2.11. The highest BCUT2D eigenvalue weighted by Gasteiger charge is 2.20. The summed E-state index contributed by atoms with van der Waals surface area (Å²) in [4.78, 5) is 22.5. The van der Waals surface area contributed by atoms with Crippen molar-refractivity contribution in [3.05, 3.63) is 0 Å². The second-order valence-electron chi connectivity index (χ2n) is 4.48. The first-order valence-corrected chi connectivity index (χ1v) is 5.40. The predicted molar refractivity (Wildman–Crippen MR) is 59.7 cm³/mol. The molecule has 0 bridgehead atoms. The number of nitrogens with two attached hydrogens (primary N) is 1. The molecule has 0 aliphatic carbocycles. The van der Waals surface area contributed by atoms with E-state index in [1.165, 1.54) is 0 Å². The summed E-state index contributed by atoms with van der Waals surface area (Å²) in [6.45, 7) is 7.36. The van der Waals surface area contributed by atoms with E-state index in [2.05, 4.69) is 0 Å². The van der Waals surface area contributed by atoms with Gasteiger partial charge in [-0.3, -0.25) is 9.59 Å². The number of carbonyl (C=O) groups is 2. The minimum Gasteiger partial charge on any atom is -0.465 e. The molecule has 0 radical (unpaired) electrons. The number of ether oxygens (including phenoxy) is 2. The molecule has 0 heterocycles. The molecule has 0 aromatic carbocycles. The largest absolute Gasteiger partial charge is 0.465 e. The molecular formula is C11H21NO4. The Kier molecular flexibility index (Phi) is 6.03. The van der Waals surface area contributed by atoms with Gasteiger partial charge < -0.3 is 15.2 Å². The van der Waals surface area contributed by atoms with Crippen LogP contribution in [0.3, 0.4) is 0 Å². The number of carbonyl (C=O) groups excluding carboxylic acids is 2. The first kappa shape index (κ1) is 14.9. The number of rotatable bonds is 5. The third kappa shape index (κ3) is 7.23. The fourth-order valence-corrected chi connectivity index (χ4v) is 1.03. The van der Waals surface area contributed by atoms with Crippen LogP contribution < -0.4 is 5.73 Å². The Morgan fingerprint density at radius 1 is 1.31 bits per heavy atom. The van der Waals surface area contributed by atoms with Crippen molar-refractivity contribution in [2.45, 2.75) is 52.2 Å². The van der Waals surface area contributed by atoms with Crippen LogP contribution in [-0.4, -0.2) is 30.2 Å². The van der Waals surface area contributed by atoms with E-state index in [0.29, 0.717) is 6.61 Å². The highest BCUT2D eigenvalue weighted by molar-refractivity contribution is 5.77. The molecule has 0 spiro atoms. The lowest BCUT2D eigenvalue weighted by atomic mass is 10.1. The SMILES string of the molecule is CCOC(=O)C(N)CCC(=O)OC(C)(C)C. The van der Waals surface area contributed by atoms with Crippen molar-refractivity contribution in [2.75, 3.05) is 6.61 Å². The second-order valence-corrected chi connectivity index (χ2v) is 4.48. The molecule has 0 aliphatic heterocycles. The fraction of sp³-hybridized carbons (Fsp3) is 0.818. The van der Waals surface area contributed by atoms with Crippen molar-refractivity contribution < 1.29 is 19.1 Å². The van der Waals surface area contributed by atoms with Gasteiger partial charge in [0, 0.05) is 6.42 Å². The van der Waals surface area contributed by atoms with Gasteiger partial charge in [-0.1, -0.05) is 0 Å². The summed E-state index contributed by atoms with van der Waals surface area (Å²) in [6, 6.07) is -0.757. The molecule has 1 unspecified atom stereocenters. The van der Waals surface area contributed by atoms with E-state index in [9.17, 15) is 9.59 Å². The van der Waals surface area contributed by atoms with Crippen molar-refractivity contribution in [3.8, 4) is 0 Å². The van der Waals surface area contributed by atoms with Gasteiger partial charge in [-0.25, -0.2) is 0 Å². The minimum absolute atomic E-state index is 0.122. The van der Waals surface area contributed by atoms with Crippen LogP contribution in [0.15, 0.2) is 0 Å². The van der Waals surface area contributed by atoms with Crippen molar-refractivity contribution in [2.24, 2.45) is 5.73 Å². The van der Waals surface area contributed by atoms with Gasteiger partial charge >= 0.3 is 11.9 Å². The van der Waals surface area contributed by atoms with Crippen molar-refractivity contribution in [1.29, 1.82) is 0 Å². The lowest BCUT2D eigenvalue weighted by Gasteiger charge is -2.19. The maximum absolute atomic E-state index is 11.3. The summed E-state index contributed by atoms with van der Waals surface area (Å²) in [7, 11) is 0. The zero-order valence-electron chi connectivity index (χ0n) is 10.4. The Morgan fingerprint density at radius 2 is 1.88 bits per heavy atom. The van der Waals surface area contributed by atoms with Crippen LogP contribution in [0, 0.1) is 0 Å². The van der Waals surface area contributed by atoms with E-state index in [1.807, 2.05) is 0 Å². The van der Waals surface area contributed by atoms with E-state index in [4.69, 9.17) is 15.2 Å². The molecule has 0 saturated heterocycles. The summed E-state index contributed by atoms with van der Waals surface area (Å²) in [5, 5.41) is 0. The Hall–Kier alpha value is -1.10. The van der Waals surface area contributed by atoms with Gasteiger partial charge in [0.2, 0.25) is 0 Å². The van der Waals surface area contributed by atoms with E-state index in [0.717, 1.165) is 0 Å². The van der Waals surface area contributed by atoms with Crippen LogP contribution in [0.25, 0.3) is 0 Å². The molecule has 0 amide bonds. The molecule has 1 atom stereocenters. The average molecular weight is 231 g/mol. The summed E-state index contributed by atoms with van der Waals surface area (Å²) in [5.74, 6) is -0.835. The van der Waals surface area contributed by atoms with E-state index < -0.39 is 17.6 Å². The zero-order valence-corrected chi connectivity index (χ0v) is 10.4. The van der Waals surface area contributed by atoms with Gasteiger partial charge in [-0.05, 0) is 34.1 Å². The van der Waals surface area contributed by atoms with Crippen LogP contribution in [0.4, 0.5) is 0 Å². The molecule has 0 saturated carbocycles. The Morgan fingerprint density at radius 3 is 2.31 bits per heavy atom. The molecule has 0 aliphatic rings. The molecule has 0 rings (SSSR count). The number of hydrogen-bond donors (Lipinski definition) is 1. The lowest BCUT2D eigenvalue weighted by Crippen LogP contribution is -2.33. The van der Waals surface area contributed by atoms with Gasteiger partial charge in [0.15, 0.2) is 0 Å². The summed E-state index contributed by atoms with van der Waals surface area (Å²) < 4.78 is 9.80. The topological polar surface area (TPSA) is 78.6 Å². The minimum atomic E-state index is -0.757. The van der Waals surface area contributed by atoms with Crippen molar-refractivity contribution in [3.63, 3.8) is 0 Å². The van der Waals surface area contributed by atoms with E-state index in [-0.39, 0.29) is 18.8 Å². The van der Waals surface area contributed by atoms with Crippen LogP contribution in [0.2, 0.25) is 0 Å². The third-order valence-corrected chi connectivity index (χ3v) is 1.67. The Bertz CT molecular complexity index is 245. The fourth-order valence-electron chi connectivity index (χ4n) is 1.03. The molecule has 0 fully saturated rings. The van der Waals surface area contributed by atoms with Gasteiger partial charge in [-0.2, -0.15) is 0 Å². The quantitative estimate of drug-likeness (QED) is 0.714. The molecule has 0 aromatic rings. The highest BCUT2D eigenvalue weighted by Crippen LogP contribution is 2.09. The molecule has 0 aromatic heterocycles. The zero-order chi connectivity index (χ0) is 12.8. The number of esters is 2. The first-order valence-electron chi connectivity index (χ1n) is 5.40. The van der Waals surface area contributed by atoms with Crippen LogP contribution in [0.1, 0.15) is 40.5 Å². The summed E-state index contributed by atoms with van der Waals surface area (Å²) in [5.41, 5.74) is 5.02. The van der Waals surface area contributed by atoms with E-state index >= 15 is 0 Å². The maximum atomic E-state index is 11.3. The first-order chi connectivity index (χ1) is 7.26. The lowest BCUT2D eigenvalue weighted by molar-refractivity contribution is -0.155. The van der Waals surface area contributed by atoms with Gasteiger partial charge in [0.25, 0.3) is 0 Å². The third-order valence-electron chi connectivity index (χ3n) is 1.67. The normalized spacial score (nSPS) is 13.1. The van der Waals surface area contributed by atoms with Crippen LogP contribution >= 0.6 is 0 Å². The molecule has 94 valence electrons. The molecule has 16 heavy (non-hydrogen) atoms. The van der Waals surface area contributed by atoms with E-state index in [1.54, 1.807) is 27.7 Å². The van der Waals surface area contributed by atoms with Crippen molar-refractivity contribution in [1.82, 2.24) is 0 Å². The predicted octanol–water partition coefficient (Wildman–Crippen LogP) is 0.999. The smallest absolute Gasteiger partial charge is 0.322 e. The van der Waals surface area contributed by atoms with Crippen LogP contribution in [0.5, 0.6) is 0 Å². The molecular weight excluding hydrogens is 210 g/mol. The monoisotopic (exact) mass is 231 g/mol. The Labute approximate surface area is 96.3 Å². The molecule has 5 heteroatoms.